The summed E-state index contributed by atoms with van der Waals surface area (Å²) in [6, 6.07) is 15.5. The Hall–Kier alpha value is -1.91. The lowest BCUT2D eigenvalue weighted by Gasteiger charge is -2.43. The van der Waals surface area contributed by atoms with Crippen molar-refractivity contribution < 1.29 is 14.6 Å². The number of methoxy groups -OCH3 is 1. The third-order valence-corrected chi connectivity index (χ3v) is 6.10. The van der Waals surface area contributed by atoms with Gasteiger partial charge in [-0.15, -0.1) is 0 Å². The molecule has 4 rings (SSSR count). The largest absolute Gasteiger partial charge is 0.469 e. The highest BCUT2D eigenvalue weighted by Gasteiger charge is 2.50. The zero-order valence-corrected chi connectivity index (χ0v) is 14.6. The van der Waals surface area contributed by atoms with E-state index >= 15 is 0 Å². The minimum atomic E-state index is -0.156. The second-order valence-corrected chi connectivity index (χ2v) is 7.26. The SMILES string of the molecule is COC(=O)[C@@H]1[C@@H](c2ccc3ccccc3c2)C[C@@H]2CC[C@H]1N2CCO. The molecule has 2 aromatic carbocycles. The van der Waals surface area contributed by atoms with E-state index in [0.29, 0.717) is 12.6 Å². The molecule has 0 saturated carbocycles. The Bertz CT molecular complexity index is 775. The van der Waals surface area contributed by atoms with Crippen LogP contribution in [0.25, 0.3) is 10.8 Å². The van der Waals surface area contributed by atoms with Crippen LogP contribution in [0.4, 0.5) is 0 Å². The normalized spacial score (nSPS) is 29.0. The molecule has 0 aromatic heterocycles. The van der Waals surface area contributed by atoms with E-state index in [1.807, 2.05) is 6.07 Å². The van der Waals surface area contributed by atoms with Crippen molar-refractivity contribution in [3.8, 4) is 0 Å². The quantitative estimate of drug-likeness (QED) is 0.870. The van der Waals surface area contributed by atoms with Crippen molar-refractivity contribution in [2.45, 2.75) is 37.3 Å². The highest BCUT2D eigenvalue weighted by Crippen LogP contribution is 2.47. The van der Waals surface area contributed by atoms with Gasteiger partial charge in [0.2, 0.25) is 0 Å². The first kappa shape index (κ1) is 16.6. The average Bonchev–Trinajstić information content (AvgIpc) is 2.92. The number of piperidine rings is 1. The number of ether oxygens (including phenoxy) is 1. The molecule has 0 aliphatic carbocycles. The Kier molecular flexibility index (Phi) is 4.48. The number of hydrogen-bond acceptors (Lipinski definition) is 4. The molecule has 132 valence electrons. The number of nitrogens with zero attached hydrogens (tertiary/aromatic N) is 1. The van der Waals surface area contributed by atoms with Gasteiger partial charge in [0.1, 0.15) is 0 Å². The van der Waals surface area contributed by atoms with Crippen LogP contribution < -0.4 is 0 Å². The molecular weight excluding hydrogens is 314 g/mol. The summed E-state index contributed by atoms with van der Waals surface area (Å²) < 4.78 is 5.18. The summed E-state index contributed by atoms with van der Waals surface area (Å²) >= 11 is 0. The summed E-state index contributed by atoms with van der Waals surface area (Å²) in [6.45, 7) is 0.787. The molecule has 25 heavy (non-hydrogen) atoms. The van der Waals surface area contributed by atoms with E-state index in [1.165, 1.54) is 23.4 Å². The lowest BCUT2D eigenvalue weighted by Crippen LogP contribution is -2.51. The second-order valence-electron chi connectivity index (χ2n) is 7.26. The van der Waals surface area contributed by atoms with E-state index in [9.17, 15) is 9.90 Å². The van der Waals surface area contributed by atoms with E-state index in [0.717, 1.165) is 19.3 Å². The highest BCUT2D eigenvalue weighted by molar-refractivity contribution is 5.83. The van der Waals surface area contributed by atoms with Crippen LogP contribution in [-0.4, -0.2) is 48.3 Å². The topological polar surface area (TPSA) is 49.8 Å². The van der Waals surface area contributed by atoms with Crippen LogP contribution in [-0.2, 0) is 9.53 Å². The summed E-state index contributed by atoms with van der Waals surface area (Å²) in [6.07, 6.45) is 3.06. The molecule has 0 amide bonds. The molecular formula is C21H25NO3. The fourth-order valence-electron chi connectivity index (χ4n) is 5.02. The first-order chi connectivity index (χ1) is 12.2. The molecule has 1 N–H and O–H groups in total. The Morgan fingerprint density at radius 2 is 2.00 bits per heavy atom. The molecule has 0 radical (unpaired) electrons. The van der Waals surface area contributed by atoms with Gasteiger partial charge in [-0.25, -0.2) is 0 Å². The molecule has 4 atom stereocenters. The molecule has 0 spiro atoms. The number of benzene rings is 2. The summed E-state index contributed by atoms with van der Waals surface area (Å²) in [4.78, 5) is 15.0. The van der Waals surface area contributed by atoms with E-state index < -0.39 is 0 Å². The first-order valence-electron chi connectivity index (χ1n) is 9.16. The molecule has 2 fully saturated rings. The maximum atomic E-state index is 12.6. The minimum absolute atomic E-state index is 0.119. The van der Waals surface area contributed by atoms with Crippen LogP contribution in [0.2, 0.25) is 0 Å². The Labute approximate surface area is 148 Å². The van der Waals surface area contributed by atoms with Gasteiger partial charge in [0.05, 0.1) is 19.6 Å². The Morgan fingerprint density at radius 3 is 2.76 bits per heavy atom. The van der Waals surface area contributed by atoms with Gasteiger partial charge in [0.15, 0.2) is 0 Å². The lowest BCUT2D eigenvalue weighted by atomic mass is 9.75. The van der Waals surface area contributed by atoms with Crippen molar-refractivity contribution in [2.75, 3.05) is 20.3 Å². The van der Waals surface area contributed by atoms with E-state index in [-0.39, 0.29) is 30.5 Å². The number of carbonyl (C=O) groups is 1. The summed E-state index contributed by atoms with van der Waals surface area (Å²) in [5, 5.41) is 11.8. The maximum Gasteiger partial charge on any atom is 0.310 e. The summed E-state index contributed by atoms with van der Waals surface area (Å²) in [7, 11) is 1.48. The predicted molar refractivity (Wildman–Crippen MR) is 97.4 cm³/mol. The molecule has 2 aliphatic rings. The summed E-state index contributed by atoms with van der Waals surface area (Å²) in [5.41, 5.74) is 1.23. The van der Waals surface area contributed by atoms with Gasteiger partial charge in [0.25, 0.3) is 0 Å². The number of fused-ring (bicyclic) bond motifs is 3. The fraction of sp³-hybridized carbons (Fsp3) is 0.476. The van der Waals surface area contributed by atoms with Crippen LogP contribution in [0.1, 0.15) is 30.7 Å². The predicted octanol–water partition coefficient (Wildman–Crippen LogP) is 2.94. The van der Waals surface area contributed by atoms with Crippen LogP contribution in [0.15, 0.2) is 42.5 Å². The van der Waals surface area contributed by atoms with Crippen LogP contribution >= 0.6 is 0 Å². The number of esters is 1. The van der Waals surface area contributed by atoms with Gasteiger partial charge < -0.3 is 9.84 Å². The van der Waals surface area contributed by atoms with Crippen molar-refractivity contribution in [1.82, 2.24) is 4.90 Å². The van der Waals surface area contributed by atoms with Crippen molar-refractivity contribution >= 4 is 16.7 Å². The monoisotopic (exact) mass is 339 g/mol. The molecule has 2 bridgehead atoms. The maximum absolute atomic E-state index is 12.6. The number of rotatable bonds is 4. The number of aliphatic hydroxyl groups is 1. The molecule has 2 aromatic rings. The van der Waals surface area contributed by atoms with Gasteiger partial charge in [-0.1, -0.05) is 42.5 Å². The molecule has 2 heterocycles. The van der Waals surface area contributed by atoms with E-state index in [4.69, 9.17) is 4.74 Å². The lowest BCUT2D eigenvalue weighted by molar-refractivity contribution is -0.150. The number of aliphatic hydroxyl groups excluding tert-OH is 1. The van der Waals surface area contributed by atoms with Gasteiger partial charge in [-0.05, 0) is 35.6 Å². The molecule has 2 saturated heterocycles. The van der Waals surface area contributed by atoms with Crippen molar-refractivity contribution in [2.24, 2.45) is 5.92 Å². The van der Waals surface area contributed by atoms with E-state index in [1.54, 1.807) is 0 Å². The molecule has 4 heteroatoms. The average molecular weight is 339 g/mol. The zero-order chi connectivity index (χ0) is 17.4. The fourth-order valence-corrected chi connectivity index (χ4v) is 5.02. The summed E-state index contributed by atoms with van der Waals surface area (Å²) in [5.74, 6) is -0.0904. The molecule has 4 nitrogen and oxygen atoms in total. The minimum Gasteiger partial charge on any atom is -0.469 e. The van der Waals surface area contributed by atoms with Gasteiger partial charge in [-0.3, -0.25) is 9.69 Å². The third-order valence-electron chi connectivity index (χ3n) is 6.10. The van der Waals surface area contributed by atoms with Gasteiger partial charge in [0, 0.05) is 24.5 Å². The van der Waals surface area contributed by atoms with Crippen LogP contribution in [0, 0.1) is 5.92 Å². The first-order valence-corrected chi connectivity index (χ1v) is 9.16. The number of hydrogen-bond donors (Lipinski definition) is 1. The second kappa shape index (κ2) is 6.77. The Morgan fingerprint density at radius 1 is 1.20 bits per heavy atom. The highest BCUT2D eigenvalue weighted by atomic mass is 16.5. The van der Waals surface area contributed by atoms with Crippen molar-refractivity contribution in [3.63, 3.8) is 0 Å². The smallest absolute Gasteiger partial charge is 0.310 e. The van der Waals surface area contributed by atoms with Crippen molar-refractivity contribution in [3.05, 3.63) is 48.0 Å². The van der Waals surface area contributed by atoms with Crippen LogP contribution in [0.3, 0.4) is 0 Å². The molecule has 0 unspecified atom stereocenters. The Balaban J connectivity index is 1.72. The van der Waals surface area contributed by atoms with Gasteiger partial charge >= 0.3 is 5.97 Å². The zero-order valence-electron chi connectivity index (χ0n) is 14.6. The van der Waals surface area contributed by atoms with Gasteiger partial charge in [-0.2, -0.15) is 0 Å². The molecule has 2 aliphatic heterocycles. The van der Waals surface area contributed by atoms with E-state index in [2.05, 4.69) is 41.3 Å². The van der Waals surface area contributed by atoms with Crippen molar-refractivity contribution in [1.29, 1.82) is 0 Å². The third kappa shape index (κ3) is 2.83. The van der Waals surface area contributed by atoms with Crippen LogP contribution in [0.5, 0.6) is 0 Å². The standard InChI is InChI=1S/C21H25NO3/c1-25-21(24)20-18(13-17-8-9-19(20)22(17)10-11-23)16-7-6-14-4-2-3-5-15(14)12-16/h2-7,12,17-20,23H,8-11,13H2,1H3/t17-,18+,19+,20+/m0/s1. The number of carbonyl (C=O) groups excluding carboxylic acids is 1.